The number of pyridine rings is 1. The lowest BCUT2D eigenvalue weighted by molar-refractivity contribution is 0.0745. The molecule has 0 unspecified atom stereocenters. The van der Waals surface area contributed by atoms with Crippen molar-refractivity contribution in [2.24, 2.45) is 0 Å². The molecule has 2 aromatic heterocycles. The molecule has 124 valence electrons. The maximum absolute atomic E-state index is 12.5. The van der Waals surface area contributed by atoms with Crippen molar-refractivity contribution in [3.8, 4) is 0 Å². The van der Waals surface area contributed by atoms with Gasteiger partial charge in [-0.2, -0.15) is 5.10 Å². The summed E-state index contributed by atoms with van der Waals surface area (Å²) in [5.41, 5.74) is 0.775. The molecule has 8 heteroatoms. The molecule has 0 aliphatic carbocycles. The van der Waals surface area contributed by atoms with Gasteiger partial charge in [-0.1, -0.05) is 0 Å². The Bertz CT molecular complexity index is 711. The first-order valence-corrected chi connectivity index (χ1v) is 7.69. The lowest BCUT2D eigenvalue weighted by Gasteiger charge is -2.35. The Hall–Kier alpha value is -3.03. The second kappa shape index (κ2) is 7.03. The lowest BCUT2D eigenvalue weighted by Crippen LogP contribution is -2.49. The van der Waals surface area contributed by atoms with E-state index in [4.69, 9.17) is 0 Å². The average molecular weight is 326 g/mol. The standard InChI is InChI=1S/C16H18N6O2/c1-17-15(23)13-5-4-12(11-18-13)16(24)22-9-7-21(8-10-22)14-3-2-6-19-20-14/h2-6,11H,7-10H2,1H3,(H,17,23). The van der Waals surface area contributed by atoms with Crippen LogP contribution >= 0.6 is 0 Å². The number of nitrogens with zero attached hydrogens (tertiary/aromatic N) is 5. The number of carbonyl (C=O) groups is 2. The normalized spacial score (nSPS) is 14.4. The smallest absolute Gasteiger partial charge is 0.269 e. The first kappa shape index (κ1) is 15.9. The summed E-state index contributed by atoms with van der Waals surface area (Å²) in [7, 11) is 1.54. The molecular weight excluding hydrogens is 308 g/mol. The molecule has 3 heterocycles. The fourth-order valence-electron chi connectivity index (χ4n) is 2.57. The molecule has 8 nitrogen and oxygen atoms in total. The molecule has 0 aromatic carbocycles. The zero-order valence-electron chi connectivity index (χ0n) is 13.3. The van der Waals surface area contributed by atoms with Crippen LogP contribution in [0.1, 0.15) is 20.8 Å². The first-order valence-electron chi connectivity index (χ1n) is 7.69. The molecule has 0 bridgehead atoms. The van der Waals surface area contributed by atoms with Crippen LogP contribution in [0.3, 0.4) is 0 Å². The fourth-order valence-corrected chi connectivity index (χ4v) is 2.57. The van der Waals surface area contributed by atoms with Crippen LogP contribution in [0.15, 0.2) is 36.7 Å². The van der Waals surface area contributed by atoms with E-state index in [1.807, 2.05) is 12.1 Å². The zero-order valence-corrected chi connectivity index (χ0v) is 13.3. The van der Waals surface area contributed by atoms with Crippen molar-refractivity contribution in [3.63, 3.8) is 0 Å². The topological polar surface area (TPSA) is 91.3 Å². The first-order chi connectivity index (χ1) is 11.7. The van der Waals surface area contributed by atoms with Crippen LogP contribution in [-0.2, 0) is 0 Å². The molecule has 0 spiro atoms. The number of aromatic nitrogens is 3. The van der Waals surface area contributed by atoms with Gasteiger partial charge in [-0.25, -0.2) is 0 Å². The summed E-state index contributed by atoms with van der Waals surface area (Å²) in [5.74, 6) is 0.470. The van der Waals surface area contributed by atoms with Crippen LogP contribution in [0, 0.1) is 0 Å². The molecule has 2 amide bonds. The van der Waals surface area contributed by atoms with Gasteiger partial charge in [0.05, 0.1) is 5.56 Å². The zero-order chi connectivity index (χ0) is 16.9. The Labute approximate surface area is 139 Å². The summed E-state index contributed by atoms with van der Waals surface area (Å²) in [4.78, 5) is 31.9. The predicted octanol–water partition coefficient (Wildman–Crippen LogP) is 0.194. The Morgan fingerprint density at radius 2 is 1.92 bits per heavy atom. The molecule has 24 heavy (non-hydrogen) atoms. The van der Waals surface area contributed by atoms with E-state index in [-0.39, 0.29) is 11.8 Å². The SMILES string of the molecule is CNC(=O)c1ccc(C(=O)N2CCN(c3cccnn3)CC2)cn1. The maximum Gasteiger partial charge on any atom is 0.269 e. The second-order valence-corrected chi connectivity index (χ2v) is 5.37. The quantitative estimate of drug-likeness (QED) is 0.866. The highest BCUT2D eigenvalue weighted by Gasteiger charge is 2.23. The lowest BCUT2D eigenvalue weighted by atomic mass is 10.2. The molecule has 1 aliphatic rings. The summed E-state index contributed by atoms with van der Waals surface area (Å²) in [6.45, 7) is 2.61. The Balaban J connectivity index is 1.62. The van der Waals surface area contributed by atoms with E-state index in [0.29, 0.717) is 37.4 Å². The number of hydrogen-bond donors (Lipinski definition) is 1. The molecule has 1 saturated heterocycles. The number of hydrogen-bond acceptors (Lipinski definition) is 6. The molecule has 0 saturated carbocycles. The van der Waals surface area contributed by atoms with Gasteiger partial charge in [-0.3, -0.25) is 14.6 Å². The molecule has 1 fully saturated rings. The van der Waals surface area contributed by atoms with E-state index >= 15 is 0 Å². The van der Waals surface area contributed by atoms with Gasteiger partial charge in [0.15, 0.2) is 5.82 Å². The number of amides is 2. The molecule has 2 aromatic rings. The summed E-state index contributed by atoms with van der Waals surface area (Å²) in [6.07, 6.45) is 3.08. The van der Waals surface area contributed by atoms with Crippen LogP contribution in [0.2, 0.25) is 0 Å². The molecule has 0 atom stereocenters. The predicted molar refractivity (Wildman–Crippen MR) is 87.8 cm³/mol. The second-order valence-electron chi connectivity index (χ2n) is 5.37. The summed E-state index contributed by atoms with van der Waals surface area (Å²) < 4.78 is 0. The third kappa shape index (κ3) is 3.32. The Kier molecular flexibility index (Phi) is 4.64. The Morgan fingerprint density at radius 3 is 2.50 bits per heavy atom. The minimum atomic E-state index is -0.272. The van der Waals surface area contributed by atoms with Crippen molar-refractivity contribution >= 4 is 17.6 Å². The van der Waals surface area contributed by atoms with Crippen molar-refractivity contribution in [1.82, 2.24) is 25.4 Å². The number of nitrogens with one attached hydrogen (secondary N) is 1. The van der Waals surface area contributed by atoms with Crippen molar-refractivity contribution in [2.75, 3.05) is 38.1 Å². The minimum absolute atomic E-state index is 0.0789. The van der Waals surface area contributed by atoms with Gasteiger partial charge >= 0.3 is 0 Å². The van der Waals surface area contributed by atoms with Gasteiger partial charge in [-0.05, 0) is 24.3 Å². The van der Waals surface area contributed by atoms with Gasteiger partial charge in [0.25, 0.3) is 11.8 Å². The van der Waals surface area contributed by atoms with Crippen LogP contribution in [0.25, 0.3) is 0 Å². The van der Waals surface area contributed by atoms with Gasteiger partial charge in [0.1, 0.15) is 5.69 Å². The van der Waals surface area contributed by atoms with Crippen molar-refractivity contribution < 1.29 is 9.59 Å². The highest BCUT2D eigenvalue weighted by molar-refractivity contribution is 5.96. The molecular formula is C16H18N6O2. The van der Waals surface area contributed by atoms with E-state index in [1.54, 1.807) is 30.3 Å². The molecule has 1 aliphatic heterocycles. The third-order valence-electron chi connectivity index (χ3n) is 3.92. The minimum Gasteiger partial charge on any atom is -0.354 e. The number of carbonyl (C=O) groups excluding carboxylic acids is 2. The monoisotopic (exact) mass is 326 g/mol. The van der Waals surface area contributed by atoms with E-state index in [0.717, 1.165) is 5.82 Å². The van der Waals surface area contributed by atoms with Crippen molar-refractivity contribution in [1.29, 1.82) is 0 Å². The van der Waals surface area contributed by atoms with Crippen LogP contribution in [-0.4, -0.2) is 65.1 Å². The van der Waals surface area contributed by atoms with Crippen LogP contribution in [0.4, 0.5) is 5.82 Å². The van der Waals surface area contributed by atoms with Gasteiger partial charge in [0, 0.05) is 45.6 Å². The van der Waals surface area contributed by atoms with E-state index in [2.05, 4.69) is 25.4 Å². The molecule has 3 rings (SSSR count). The Morgan fingerprint density at radius 1 is 1.12 bits per heavy atom. The van der Waals surface area contributed by atoms with E-state index < -0.39 is 0 Å². The van der Waals surface area contributed by atoms with Gasteiger partial charge in [-0.15, -0.1) is 5.10 Å². The maximum atomic E-state index is 12.5. The highest BCUT2D eigenvalue weighted by Crippen LogP contribution is 2.14. The summed E-state index contributed by atoms with van der Waals surface area (Å²) in [6, 6.07) is 6.95. The number of rotatable bonds is 3. The van der Waals surface area contributed by atoms with Crippen LogP contribution < -0.4 is 10.2 Å². The largest absolute Gasteiger partial charge is 0.354 e. The van der Waals surface area contributed by atoms with Crippen molar-refractivity contribution in [2.45, 2.75) is 0 Å². The average Bonchev–Trinajstić information content (AvgIpc) is 2.68. The van der Waals surface area contributed by atoms with E-state index in [9.17, 15) is 9.59 Å². The fraction of sp³-hybridized carbons (Fsp3) is 0.312. The van der Waals surface area contributed by atoms with Gasteiger partial charge < -0.3 is 15.1 Å². The highest BCUT2D eigenvalue weighted by atomic mass is 16.2. The number of piperazine rings is 1. The number of anilines is 1. The van der Waals surface area contributed by atoms with Crippen LogP contribution in [0.5, 0.6) is 0 Å². The molecule has 1 N–H and O–H groups in total. The third-order valence-corrected chi connectivity index (χ3v) is 3.92. The van der Waals surface area contributed by atoms with Gasteiger partial charge in [0.2, 0.25) is 0 Å². The van der Waals surface area contributed by atoms with E-state index in [1.165, 1.54) is 6.20 Å². The summed E-state index contributed by atoms with van der Waals surface area (Å²) in [5, 5.41) is 10.5. The molecule has 0 radical (unpaired) electrons. The summed E-state index contributed by atoms with van der Waals surface area (Å²) >= 11 is 0. The van der Waals surface area contributed by atoms with Crippen molar-refractivity contribution in [3.05, 3.63) is 47.9 Å².